The Morgan fingerprint density at radius 2 is 2.10 bits per heavy atom. The van der Waals surface area contributed by atoms with E-state index in [0.717, 1.165) is 5.56 Å². The van der Waals surface area contributed by atoms with E-state index in [1.807, 2.05) is 6.07 Å². The van der Waals surface area contributed by atoms with Gasteiger partial charge >= 0.3 is 5.97 Å². The molecule has 0 fully saturated rings. The Bertz CT molecular complexity index is 839. The molecule has 21 heavy (non-hydrogen) atoms. The van der Waals surface area contributed by atoms with E-state index in [1.165, 1.54) is 6.07 Å². The van der Waals surface area contributed by atoms with E-state index in [9.17, 15) is 4.79 Å². The second-order valence-electron chi connectivity index (χ2n) is 4.58. The Labute approximate surface area is 120 Å². The third kappa shape index (κ3) is 2.27. The van der Waals surface area contributed by atoms with Crippen LogP contribution in [0.2, 0.25) is 0 Å². The number of nitrogens with one attached hydrogen (secondary N) is 1. The van der Waals surface area contributed by atoms with Crippen LogP contribution in [-0.2, 0) is 0 Å². The molecular weight excluding hydrogens is 270 g/mol. The molecule has 0 unspecified atom stereocenters. The minimum absolute atomic E-state index is 0.215. The van der Waals surface area contributed by atoms with Gasteiger partial charge in [0.2, 0.25) is 0 Å². The van der Waals surface area contributed by atoms with Crippen molar-refractivity contribution >= 4 is 22.7 Å². The van der Waals surface area contributed by atoms with Crippen molar-refractivity contribution in [3.63, 3.8) is 0 Å². The number of hydrogen-bond donors (Lipinski definition) is 3. The number of hydrogen-bond acceptors (Lipinski definition) is 4. The summed E-state index contributed by atoms with van der Waals surface area (Å²) in [6, 6.07) is 10.1. The molecule has 0 atom stereocenters. The number of fused-ring (bicyclic) bond motifs is 1. The zero-order chi connectivity index (χ0) is 15.0. The Hall–Kier alpha value is -3.02. The normalized spacial score (nSPS) is 10.7. The molecule has 0 spiro atoms. The molecule has 0 amide bonds. The van der Waals surface area contributed by atoms with E-state index in [2.05, 4.69) is 9.97 Å². The average molecular weight is 283 g/mol. The van der Waals surface area contributed by atoms with Crippen LogP contribution < -0.4 is 10.5 Å². The van der Waals surface area contributed by atoms with Crippen LogP contribution in [0.25, 0.3) is 22.4 Å². The number of benzene rings is 2. The number of aromatic carboxylic acids is 1. The van der Waals surface area contributed by atoms with Crippen molar-refractivity contribution in [2.24, 2.45) is 0 Å². The van der Waals surface area contributed by atoms with Crippen molar-refractivity contribution in [1.29, 1.82) is 0 Å². The average Bonchev–Trinajstić information content (AvgIpc) is 2.90. The summed E-state index contributed by atoms with van der Waals surface area (Å²) in [5.41, 5.74) is 8.73. The predicted octanol–water partition coefficient (Wildman–Crippen LogP) is 2.52. The Kier molecular flexibility index (Phi) is 2.98. The van der Waals surface area contributed by atoms with Crippen LogP contribution in [0.5, 0.6) is 5.75 Å². The van der Waals surface area contributed by atoms with Crippen LogP contribution in [0.4, 0.5) is 5.69 Å². The van der Waals surface area contributed by atoms with Gasteiger partial charge in [-0.25, -0.2) is 9.78 Å². The van der Waals surface area contributed by atoms with Gasteiger partial charge in [-0.3, -0.25) is 0 Å². The summed E-state index contributed by atoms with van der Waals surface area (Å²) in [4.78, 5) is 18.5. The first-order valence-corrected chi connectivity index (χ1v) is 6.25. The van der Waals surface area contributed by atoms with Crippen LogP contribution in [0, 0.1) is 0 Å². The molecule has 3 rings (SSSR count). The highest BCUT2D eigenvalue weighted by Crippen LogP contribution is 2.28. The Morgan fingerprint density at radius 3 is 2.81 bits per heavy atom. The molecular formula is C15H13N3O3. The molecule has 0 saturated carbocycles. The first kappa shape index (κ1) is 13.0. The van der Waals surface area contributed by atoms with Crippen molar-refractivity contribution < 1.29 is 14.6 Å². The van der Waals surface area contributed by atoms with Crippen LogP contribution in [0.1, 0.15) is 10.4 Å². The summed E-state index contributed by atoms with van der Waals surface area (Å²) in [5, 5.41) is 9.00. The monoisotopic (exact) mass is 283 g/mol. The number of carboxylic acid groups (broad SMARTS) is 1. The molecule has 1 heterocycles. The van der Waals surface area contributed by atoms with Crippen LogP contribution in [-0.4, -0.2) is 28.2 Å². The number of nitrogens with two attached hydrogens (primary N) is 1. The quantitative estimate of drug-likeness (QED) is 0.641. The van der Waals surface area contributed by atoms with Crippen molar-refractivity contribution in [2.75, 3.05) is 12.8 Å². The van der Waals surface area contributed by atoms with Gasteiger partial charge in [0.15, 0.2) is 0 Å². The second-order valence-corrected chi connectivity index (χ2v) is 4.58. The maximum Gasteiger partial charge on any atom is 0.335 e. The van der Waals surface area contributed by atoms with Gasteiger partial charge in [-0.15, -0.1) is 0 Å². The first-order chi connectivity index (χ1) is 10.1. The number of nitrogens with zero attached hydrogens (tertiary/aromatic N) is 1. The number of anilines is 1. The fourth-order valence-electron chi connectivity index (χ4n) is 2.14. The zero-order valence-corrected chi connectivity index (χ0v) is 11.3. The maximum absolute atomic E-state index is 11.0. The molecule has 1 aromatic heterocycles. The van der Waals surface area contributed by atoms with Crippen LogP contribution >= 0.6 is 0 Å². The number of aromatic nitrogens is 2. The van der Waals surface area contributed by atoms with Crippen LogP contribution in [0.15, 0.2) is 36.4 Å². The number of carboxylic acids is 1. The van der Waals surface area contributed by atoms with E-state index in [-0.39, 0.29) is 5.56 Å². The summed E-state index contributed by atoms with van der Waals surface area (Å²) in [7, 11) is 1.55. The van der Waals surface area contributed by atoms with Gasteiger partial charge < -0.3 is 20.6 Å². The standard InChI is InChI=1S/C15H13N3O3/c1-21-13-7-8(2-4-10(13)16)14-17-11-5-3-9(15(19)20)6-12(11)18-14/h2-7H,16H2,1H3,(H,17,18)(H,19,20). The summed E-state index contributed by atoms with van der Waals surface area (Å²) < 4.78 is 5.19. The largest absolute Gasteiger partial charge is 0.495 e. The molecule has 0 saturated heterocycles. The Morgan fingerprint density at radius 1 is 1.29 bits per heavy atom. The number of H-pyrrole nitrogens is 1. The van der Waals surface area contributed by atoms with E-state index in [0.29, 0.717) is 28.3 Å². The lowest BCUT2D eigenvalue weighted by atomic mass is 10.2. The molecule has 4 N–H and O–H groups in total. The van der Waals surface area contributed by atoms with Gasteiger partial charge in [0.05, 0.1) is 29.4 Å². The molecule has 106 valence electrons. The highest BCUT2D eigenvalue weighted by molar-refractivity contribution is 5.93. The van der Waals surface area contributed by atoms with Crippen molar-refractivity contribution in [1.82, 2.24) is 9.97 Å². The fraction of sp³-hybridized carbons (Fsp3) is 0.0667. The number of rotatable bonds is 3. The van der Waals surface area contributed by atoms with Gasteiger partial charge in [-0.1, -0.05) is 0 Å². The van der Waals surface area contributed by atoms with Gasteiger partial charge in [-0.05, 0) is 36.4 Å². The van der Waals surface area contributed by atoms with Gasteiger partial charge in [0.25, 0.3) is 0 Å². The van der Waals surface area contributed by atoms with Crippen molar-refractivity contribution in [3.05, 3.63) is 42.0 Å². The van der Waals surface area contributed by atoms with E-state index in [4.69, 9.17) is 15.6 Å². The van der Waals surface area contributed by atoms with E-state index < -0.39 is 5.97 Å². The lowest BCUT2D eigenvalue weighted by Crippen LogP contribution is -1.94. The van der Waals surface area contributed by atoms with Gasteiger partial charge in [-0.2, -0.15) is 0 Å². The zero-order valence-electron chi connectivity index (χ0n) is 11.3. The molecule has 0 aliphatic carbocycles. The SMILES string of the molecule is COc1cc(-c2nc3ccc(C(=O)O)cc3[nH]2)ccc1N. The number of methoxy groups -OCH3 is 1. The first-order valence-electron chi connectivity index (χ1n) is 6.25. The smallest absolute Gasteiger partial charge is 0.335 e. The topological polar surface area (TPSA) is 101 Å². The van der Waals surface area contributed by atoms with Crippen molar-refractivity contribution in [3.8, 4) is 17.1 Å². The van der Waals surface area contributed by atoms with Crippen LogP contribution in [0.3, 0.4) is 0 Å². The lowest BCUT2D eigenvalue weighted by Gasteiger charge is -2.05. The summed E-state index contributed by atoms with van der Waals surface area (Å²) >= 11 is 0. The summed E-state index contributed by atoms with van der Waals surface area (Å²) in [5.74, 6) is 0.229. The fourth-order valence-corrected chi connectivity index (χ4v) is 2.14. The lowest BCUT2D eigenvalue weighted by molar-refractivity contribution is 0.0697. The predicted molar refractivity (Wildman–Crippen MR) is 79.5 cm³/mol. The molecule has 3 aromatic rings. The third-order valence-corrected chi connectivity index (χ3v) is 3.24. The highest BCUT2D eigenvalue weighted by atomic mass is 16.5. The number of imidazole rings is 1. The molecule has 0 bridgehead atoms. The summed E-state index contributed by atoms with van der Waals surface area (Å²) in [6.07, 6.45) is 0. The number of aromatic amines is 1. The molecule has 0 aliphatic heterocycles. The van der Waals surface area contributed by atoms with E-state index in [1.54, 1.807) is 31.4 Å². The van der Waals surface area contributed by atoms with Crippen molar-refractivity contribution in [2.45, 2.75) is 0 Å². The molecule has 6 heteroatoms. The summed E-state index contributed by atoms with van der Waals surface area (Å²) in [6.45, 7) is 0. The molecule has 2 aromatic carbocycles. The second kappa shape index (κ2) is 4.82. The van der Waals surface area contributed by atoms with E-state index >= 15 is 0 Å². The Balaban J connectivity index is 2.10. The van der Waals surface area contributed by atoms with Gasteiger partial charge in [0, 0.05) is 5.56 Å². The number of nitrogen functional groups attached to an aromatic ring is 1. The van der Waals surface area contributed by atoms with Gasteiger partial charge in [0.1, 0.15) is 11.6 Å². The minimum Gasteiger partial charge on any atom is -0.495 e. The minimum atomic E-state index is -0.970. The third-order valence-electron chi connectivity index (χ3n) is 3.24. The number of ether oxygens (including phenoxy) is 1. The number of carbonyl (C=O) groups is 1. The molecule has 6 nitrogen and oxygen atoms in total. The molecule has 0 aliphatic rings. The highest BCUT2D eigenvalue weighted by Gasteiger charge is 2.10. The molecule has 0 radical (unpaired) electrons. The maximum atomic E-state index is 11.0.